The third-order valence-electron chi connectivity index (χ3n) is 9.27. The molecule has 0 saturated heterocycles. The average molecular weight is 826 g/mol. The van der Waals surface area contributed by atoms with Crippen LogP contribution in [0, 0.1) is 24.2 Å². The van der Waals surface area contributed by atoms with Crippen LogP contribution in [0.5, 0.6) is 0 Å². The van der Waals surface area contributed by atoms with E-state index in [0.29, 0.717) is 0 Å². The molecule has 4 aromatic carbocycles. The van der Waals surface area contributed by atoms with E-state index in [0.717, 1.165) is 82.6 Å². The first-order valence-electron chi connectivity index (χ1n) is 18.6. The van der Waals surface area contributed by atoms with Crippen molar-refractivity contribution in [3.05, 3.63) is 204 Å². The number of benzene rings is 4. The van der Waals surface area contributed by atoms with E-state index >= 15 is 0 Å². The quantitative estimate of drug-likeness (QED) is 0.135. The molecule has 0 spiro atoms. The van der Waals surface area contributed by atoms with Gasteiger partial charge in [-0.25, -0.2) is 9.97 Å². The second-order valence-corrected chi connectivity index (χ2v) is 13.9. The monoisotopic (exact) mass is 824 g/mol. The van der Waals surface area contributed by atoms with Gasteiger partial charge in [-0.05, 0) is 106 Å². The number of halogens is 1. The number of fused-ring (bicyclic) bond motifs is 2. The maximum absolute atomic E-state index is 5.36. The summed E-state index contributed by atoms with van der Waals surface area (Å²) in [5, 5.41) is 16.8. The SMILES string of the molecule is Brc1ccc2ccccc2n1.C#Cc1ccc(-c2cn[nH]c2-c2ccncc2)cc1.C(#Cc1ccc2ccccc2n1)c1ccc(-c2cn[nH]c2-c2ccncc2)cc1. The number of hydrogen-bond acceptors (Lipinski definition) is 6. The molecule has 9 heteroatoms. The average Bonchev–Trinajstić information content (AvgIpc) is 4.01. The predicted octanol–water partition coefficient (Wildman–Crippen LogP) is 11.2. The first-order chi connectivity index (χ1) is 29.1. The Balaban J connectivity index is 0.000000137. The number of para-hydroxylation sites is 2. The Hall–Kier alpha value is -7.98. The van der Waals surface area contributed by atoms with Crippen LogP contribution in [0.1, 0.15) is 16.8 Å². The van der Waals surface area contributed by atoms with Crippen LogP contribution in [0.15, 0.2) is 187 Å². The summed E-state index contributed by atoms with van der Waals surface area (Å²) < 4.78 is 0.885. The van der Waals surface area contributed by atoms with E-state index in [2.05, 4.69) is 98.3 Å². The summed E-state index contributed by atoms with van der Waals surface area (Å²) >= 11 is 3.32. The first-order valence-corrected chi connectivity index (χ1v) is 19.3. The van der Waals surface area contributed by atoms with Gasteiger partial charge in [0, 0.05) is 68.9 Å². The largest absolute Gasteiger partial charge is 0.277 e. The highest BCUT2D eigenvalue weighted by atomic mass is 79.9. The number of nitrogens with one attached hydrogen (secondary N) is 2. The molecule has 0 bridgehead atoms. The molecular weight excluding hydrogens is 793 g/mol. The van der Waals surface area contributed by atoms with Gasteiger partial charge < -0.3 is 0 Å². The zero-order valence-corrected chi connectivity index (χ0v) is 33.0. The van der Waals surface area contributed by atoms with Gasteiger partial charge in [0.2, 0.25) is 0 Å². The zero-order valence-electron chi connectivity index (χ0n) is 31.5. The molecule has 6 aromatic heterocycles. The van der Waals surface area contributed by atoms with Gasteiger partial charge in [-0.2, -0.15) is 10.2 Å². The third-order valence-corrected chi connectivity index (χ3v) is 9.71. The maximum Gasteiger partial charge on any atom is 0.114 e. The van der Waals surface area contributed by atoms with E-state index < -0.39 is 0 Å². The molecule has 0 aliphatic carbocycles. The Kier molecular flexibility index (Phi) is 11.8. The van der Waals surface area contributed by atoms with E-state index in [1.54, 1.807) is 24.8 Å². The lowest BCUT2D eigenvalue weighted by atomic mass is 10.0. The molecule has 0 aliphatic heterocycles. The van der Waals surface area contributed by atoms with Crippen LogP contribution >= 0.6 is 15.9 Å². The minimum atomic E-state index is 0.766. The molecule has 0 amide bonds. The number of hydrogen-bond donors (Lipinski definition) is 2. The number of aromatic nitrogens is 8. The highest BCUT2D eigenvalue weighted by molar-refractivity contribution is 9.10. The number of terminal acetylenes is 1. The van der Waals surface area contributed by atoms with Crippen molar-refractivity contribution in [2.24, 2.45) is 0 Å². The van der Waals surface area contributed by atoms with Gasteiger partial charge in [0.15, 0.2) is 0 Å². The molecule has 0 unspecified atom stereocenters. The van der Waals surface area contributed by atoms with Crippen LogP contribution in [0.25, 0.3) is 66.6 Å². The van der Waals surface area contributed by atoms with Crippen LogP contribution in [0.2, 0.25) is 0 Å². The molecule has 8 nitrogen and oxygen atoms in total. The van der Waals surface area contributed by atoms with Crippen LogP contribution in [-0.4, -0.2) is 40.3 Å². The zero-order chi connectivity index (χ0) is 40.2. The molecule has 0 aliphatic rings. The molecule has 6 heterocycles. The summed E-state index contributed by atoms with van der Waals surface area (Å²) in [5.74, 6) is 8.97. The molecule has 0 saturated carbocycles. The molecule has 10 rings (SSSR count). The van der Waals surface area contributed by atoms with Gasteiger partial charge in [-0.15, -0.1) is 6.42 Å². The van der Waals surface area contributed by atoms with Gasteiger partial charge in [0.25, 0.3) is 0 Å². The lowest BCUT2D eigenvalue weighted by Crippen LogP contribution is -1.85. The van der Waals surface area contributed by atoms with Crippen molar-refractivity contribution < 1.29 is 0 Å². The van der Waals surface area contributed by atoms with E-state index in [1.165, 1.54) is 5.39 Å². The van der Waals surface area contributed by atoms with Gasteiger partial charge in [-0.3, -0.25) is 20.2 Å². The van der Waals surface area contributed by atoms with Crippen molar-refractivity contribution in [2.75, 3.05) is 0 Å². The lowest BCUT2D eigenvalue weighted by molar-refractivity contribution is 1.09. The van der Waals surface area contributed by atoms with Crippen molar-refractivity contribution >= 4 is 37.7 Å². The summed E-state index contributed by atoms with van der Waals surface area (Å²) in [6, 6.07) is 48.0. The van der Waals surface area contributed by atoms with Crippen LogP contribution in [0.4, 0.5) is 0 Å². The van der Waals surface area contributed by atoms with E-state index in [-0.39, 0.29) is 0 Å². The summed E-state index contributed by atoms with van der Waals surface area (Å²) in [5.41, 5.74) is 12.9. The molecule has 0 fully saturated rings. The molecule has 10 aromatic rings. The fourth-order valence-electron chi connectivity index (χ4n) is 6.28. The highest BCUT2D eigenvalue weighted by Gasteiger charge is 2.11. The van der Waals surface area contributed by atoms with Crippen molar-refractivity contribution in [1.82, 2.24) is 40.3 Å². The lowest BCUT2D eigenvalue weighted by Gasteiger charge is -2.03. The number of nitrogens with zero attached hydrogens (tertiary/aromatic N) is 6. The van der Waals surface area contributed by atoms with Gasteiger partial charge in [-0.1, -0.05) is 84.6 Å². The smallest absolute Gasteiger partial charge is 0.114 e. The molecule has 59 heavy (non-hydrogen) atoms. The van der Waals surface area contributed by atoms with Crippen molar-refractivity contribution in [2.45, 2.75) is 0 Å². The van der Waals surface area contributed by atoms with E-state index in [4.69, 9.17) is 6.42 Å². The Morgan fingerprint density at radius 2 is 0.949 bits per heavy atom. The molecule has 0 atom stereocenters. The third kappa shape index (κ3) is 9.36. The number of pyridine rings is 4. The summed E-state index contributed by atoms with van der Waals surface area (Å²) in [6.07, 6.45) is 16.1. The Morgan fingerprint density at radius 1 is 0.458 bits per heavy atom. The topological polar surface area (TPSA) is 109 Å². The highest BCUT2D eigenvalue weighted by Crippen LogP contribution is 2.31. The number of H-pyrrole nitrogens is 2. The summed E-state index contributed by atoms with van der Waals surface area (Å²) in [4.78, 5) is 17.0. The number of aromatic amines is 2. The second kappa shape index (κ2) is 18.3. The summed E-state index contributed by atoms with van der Waals surface area (Å²) in [7, 11) is 0. The van der Waals surface area contributed by atoms with Crippen molar-refractivity contribution in [3.8, 4) is 69.0 Å². The first kappa shape index (κ1) is 37.9. The Bertz CT molecular complexity index is 3070. The maximum atomic E-state index is 5.36. The Morgan fingerprint density at radius 3 is 1.49 bits per heavy atom. The fraction of sp³-hybridized carbons (Fsp3) is 0. The normalized spacial score (nSPS) is 10.3. The van der Waals surface area contributed by atoms with E-state index in [9.17, 15) is 0 Å². The Labute approximate surface area is 349 Å². The molecule has 280 valence electrons. The molecular formula is C50H33BrN8. The standard InChI is InChI=1S/C25H16N4.C16H11N3.C9H6BrN/c1-2-4-24-20(3-1)10-12-22(28-24)11-7-18-5-8-19(9-6-18)23-17-27-29-25(23)21-13-15-26-16-14-21;1-2-12-3-5-13(6-4-12)15-11-18-19-16(15)14-7-9-17-10-8-14;10-9-6-5-7-3-1-2-4-8(7)11-9/h1-6,8-10,12-17H,(H,27,29);1,3-11H,(H,18,19);1-6H. The second-order valence-electron chi connectivity index (χ2n) is 13.1. The summed E-state index contributed by atoms with van der Waals surface area (Å²) in [6.45, 7) is 0. The van der Waals surface area contributed by atoms with Crippen LogP contribution < -0.4 is 0 Å². The van der Waals surface area contributed by atoms with Crippen LogP contribution in [-0.2, 0) is 0 Å². The number of rotatable bonds is 4. The van der Waals surface area contributed by atoms with Gasteiger partial charge >= 0.3 is 0 Å². The van der Waals surface area contributed by atoms with E-state index in [1.807, 2.05) is 134 Å². The van der Waals surface area contributed by atoms with Crippen LogP contribution in [0.3, 0.4) is 0 Å². The molecule has 2 N–H and O–H groups in total. The predicted molar refractivity (Wildman–Crippen MR) is 240 cm³/mol. The van der Waals surface area contributed by atoms with Crippen molar-refractivity contribution in [1.29, 1.82) is 0 Å². The minimum absolute atomic E-state index is 0.766. The van der Waals surface area contributed by atoms with Gasteiger partial charge in [0.1, 0.15) is 10.3 Å². The molecule has 0 radical (unpaired) electrons. The minimum Gasteiger partial charge on any atom is -0.277 e. The fourth-order valence-corrected chi connectivity index (χ4v) is 6.60. The van der Waals surface area contributed by atoms with Gasteiger partial charge in [0.05, 0.1) is 34.8 Å². The van der Waals surface area contributed by atoms with Crippen molar-refractivity contribution in [3.63, 3.8) is 0 Å².